The van der Waals surface area contributed by atoms with Crippen molar-refractivity contribution in [1.29, 1.82) is 0 Å². The maximum Gasteiger partial charge on any atom is 0.253 e. The van der Waals surface area contributed by atoms with Gasteiger partial charge in [0.05, 0.1) is 6.26 Å². The summed E-state index contributed by atoms with van der Waals surface area (Å²) in [4.78, 5) is 22.6. The third-order valence-corrected chi connectivity index (χ3v) is 4.29. The summed E-state index contributed by atoms with van der Waals surface area (Å²) in [6.07, 6.45) is 2.35. The molecule has 0 fully saturated rings. The fourth-order valence-corrected chi connectivity index (χ4v) is 2.82. The molecule has 2 heterocycles. The van der Waals surface area contributed by atoms with E-state index >= 15 is 0 Å². The van der Waals surface area contributed by atoms with E-state index in [-0.39, 0.29) is 29.9 Å². The summed E-state index contributed by atoms with van der Waals surface area (Å²) in [5.41, 5.74) is 1.78. The zero-order chi connectivity index (χ0) is 21.3. The number of aromatic nitrogens is 3. The van der Waals surface area contributed by atoms with Crippen LogP contribution >= 0.6 is 24.0 Å². The van der Waals surface area contributed by atoms with Crippen LogP contribution in [0.5, 0.6) is 0 Å². The smallest absolute Gasteiger partial charge is 0.253 e. The molecule has 3 aromatic rings. The van der Waals surface area contributed by atoms with E-state index in [1.165, 1.54) is 0 Å². The van der Waals surface area contributed by atoms with E-state index in [9.17, 15) is 4.79 Å². The highest BCUT2D eigenvalue weighted by Crippen LogP contribution is 2.14. The second-order valence-electron chi connectivity index (χ2n) is 6.85. The molecule has 0 unspecified atom stereocenters. The lowest BCUT2D eigenvalue weighted by Crippen LogP contribution is -2.38. The van der Waals surface area contributed by atoms with Crippen LogP contribution in [0.3, 0.4) is 0 Å². The van der Waals surface area contributed by atoms with Crippen molar-refractivity contribution in [2.75, 3.05) is 27.2 Å². The number of aromatic amines is 1. The lowest BCUT2D eigenvalue weighted by atomic mass is 10.1. The molecule has 3 N–H and O–H groups in total. The van der Waals surface area contributed by atoms with Crippen molar-refractivity contribution in [2.45, 2.75) is 19.9 Å². The predicted molar refractivity (Wildman–Crippen MR) is 130 cm³/mol. The van der Waals surface area contributed by atoms with Gasteiger partial charge in [0.25, 0.3) is 5.91 Å². The van der Waals surface area contributed by atoms with Crippen molar-refractivity contribution in [2.24, 2.45) is 4.99 Å². The highest BCUT2D eigenvalue weighted by atomic mass is 127. The Balaban J connectivity index is 0.00000341. The van der Waals surface area contributed by atoms with Crippen LogP contribution < -0.4 is 10.6 Å². The third-order valence-electron chi connectivity index (χ3n) is 4.29. The van der Waals surface area contributed by atoms with Gasteiger partial charge < -0.3 is 20.0 Å². The van der Waals surface area contributed by atoms with Crippen molar-refractivity contribution in [1.82, 2.24) is 30.7 Å². The van der Waals surface area contributed by atoms with Crippen LogP contribution in [0.25, 0.3) is 11.6 Å². The van der Waals surface area contributed by atoms with Crippen molar-refractivity contribution >= 4 is 35.8 Å². The first kappa shape index (κ1) is 24.4. The van der Waals surface area contributed by atoms with Gasteiger partial charge >= 0.3 is 0 Å². The summed E-state index contributed by atoms with van der Waals surface area (Å²) in [6, 6.07) is 11.3. The van der Waals surface area contributed by atoms with Crippen molar-refractivity contribution < 1.29 is 9.21 Å². The van der Waals surface area contributed by atoms with Crippen LogP contribution in [0.15, 0.2) is 52.1 Å². The molecule has 3 rings (SSSR count). The quantitative estimate of drug-likeness (QED) is 0.232. The van der Waals surface area contributed by atoms with Crippen molar-refractivity contribution in [3.05, 3.63) is 59.6 Å². The fourth-order valence-electron chi connectivity index (χ4n) is 2.82. The molecule has 0 saturated heterocycles. The molecule has 0 aliphatic rings. The molecule has 166 valence electrons. The average Bonchev–Trinajstić information content (AvgIpc) is 3.43. The number of amides is 1. The SMILES string of the molecule is CCNC(=NCc1nc(-c2ccco2)n[nH]1)NCCc1cccc(C(=O)N(C)C)c1.I. The Morgan fingerprint density at radius 1 is 1.23 bits per heavy atom. The molecule has 0 bridgehead atoms. The Kier molecular flexibility index (Phi) is 9.50. The van der Waals surface area contributed by atoms with Crippen LogP contribution in [0, 0.1) is 0 Å². The summed E-state index contributed by atoms with van der Waals surface area (Å²) in [5.74, 6) is 2.46. The number of hydrogen-bond acceptors (Lipinski definition) is 5. The molecule has 2 aromatic heterocycles. The van der Waals surface area contributed by atoms with Gasteiger partial charge in [-0.1, -0.05) is 12.1 Å². The number of aliphatic imine (C=N–C) groups is 1. The minimum absolute atomic E-state index is 0. The van der Waals surface area contributed by atoms with E-state index in [2.05, 4.69) is 30.8 Å². The Labute approximate surface area is 198 Å². The van der Waals surface area contributed by atoms with Crippen LogP contribution in [-0.2, 0) is 13.0 Å². The number of benzene rings is 1. The van der Waals surface area contributed by atoms with Crippen LogP contribution in [0.1, 0.15) is 28.7 Å². The Hall–Kier alpha value is -2.89. The lowest BCUT2D eigenvalue weighted by molar-refractivity contribution is 0.0827. The molecule has 10 heteroatoms. The molecule has 0 aliphatic heterocycles. The fraction of sp³-hybridized carbons (Fsp3) is 0.333. The summed E-state index contributed by atoms with van der Waals surface area (Å²) in [5, 5.41) is 13.6. The van der Waals surface area contributed by atoms with E-state index in [0.717, 1.165) is 18.5 Å². The molecule has 9 nitrogen and oxygen atoms in total. The van der Waals surface area contributed by atoms with E-state index in [0.29, 0.717) is 42.0 Å². The standard InChI is InChI=1S/C21H27N7O2.HI/c1-4-22-21(24-14-18-25-19(27-26-18)17-9-6-12-30-17)23-11-10-15-7-5-8-16(13-15)20(29)28(2)3;/h5-9,12-13H,4,10-11,14H2,1-3H3,(H2,22,23,24)(H,25,26,27);1H. The normalized spacial score (nSPS) is 11.0. The number of carbonyl (C=O) groups is 1. The zero-order valence-electron chi connectivity index (χ0n) is 17.9. The Morgan fingerprint density at radius 3 is 2.77 bits per heavy atom. The van der Waals surface area contributed by atoms with Gasteiger partial charge in [-0.3, -0.25) is 9.89 Å². The van der Waals surface area contributed by atoms with Crippen LogP contribution in [-0.4, -0.2) is 59.1 Å². The minimum atomic E-state index is 0. The number of carbonyl (C=O) groups excluding carboxylic acids is 1. The first-order chi connectivity index (χ1) is 14.6. The summed E-state index contributed by atoms with van der Waals surface area (Å²) >= 11 is 0. The van der Waals surface area contributed by atoms with Gasteiger partial charge in [-0.2, -0.15) is 0 Å². The van der Waals surface area contributed by atoms with Gasteiger partial charge in [0.1, 0.15) is 12.4 Å². The molecule has 0 saturated carbocycles. The van der Waals surface area contributed by atoms with Gasteiger partial charge in [0.2, 0.25) is 5.82 Å². The van der Waals surface area contributed by atoms with Crippen molar-refractivity contribution in [3.63, 3.8) is 0 Å². The monoisotopic (exact) mass is 537 g/mol. The molecule has 1 amide bonds. The molecule has 0 aliphatic carbocycles. The second-order valence-corrected chi connectivity index (χ2v) is 6.85. The highest BCUT2D eigenvalue weighted by molar-refractivity contribution is 14.0. The molecule has 0 spiro atoms. The summed E-state index contributed by atoms with van der Waals surface area (Å²) in [6.45, 7) is 3.79. The number of furan rings is 1. The van der Waals surface area contributed by atoms with Crippen LogP contribution in [0.2, 0.25) is 0 Å². The first-order valence-corrected chi connectivity index (χ1v) is 9.84. The largest absolute Gasteiger partial charge is 0.461 e. The molecular weight excluding hydrogens is 509 g/mol. The molecule has 0 radical (unpaired) electrons. The lowest BCUT2D eigenvalue weighted by Gasteiger charge is -2.13. The molecule has 1 aromatic carbocycles. The first-order valence-electron chi connectivity index (χ1n) is 9.84. The number of rotatable bonds is 8. The van der Waals surface area contributed by atoms with Gasteiger partial charge in [-0.25, -0.2) is 9.98 Å². The molecular formula is C21H28IN7O2. The zero-order valence-corrected chi connectivity index (χ0v) is 20.2. The average molecular weight is 537 g/mol. The number of nitrogens with one attached hydrogen (secondary N) is 3. The van der Waals surface area contributed by atoms with Crippen molar-refractivity contribution in [3.8, 4) is 11.6 Å². The Bertz CT molecular complexity index is 983. The summed E-state index contributed by atoms with van der Waals surface area (Å²) in [7, 11) is 3.50. The maximum absolute atomic E-state index is 12.1. The van der Waals surface area contributed by atoms with Gasteiger partial charge in [0, 0.05) is 32.7 Å². The molecule has 0 atom stereocenters. The van der Waals surface area contributed by atoms with E-state index in [4.69, 9.17) is 4.42 Å². The highest BCUT2D eigenvalue weighted by Gasteiger charge is 2.09. The summed E-state index contributed by atoms with van der Waals surface area (Å²) < 4.78 is 5.30. The molecule has 31 heavy (non-hydrogen) atoms. The number of nitrogens with zero attached hydrogens (tertiary/aromatic N) is 4. The van der Waals surface area contributed by atoms with Gasteiger partial charge in [-0.15, -0.1) is 29.1 Å². The van der Waals surface area contributed by atoms with Crippen LogP contribution in [0.4, 0.5) is 0 Å². The van der Waals surface area contributed by atoms with E-state index < -0.39 is 0 Å². The Morgan fingerprint density at radius 2 is 2.06 bits per heavy atom. The maximum atomic E-state index is 12.1. The third kappa shape index (κ3) is 7.09. The number of hydrogen-bond donors (Lipinski definition) is 3. The van der Waals surface area contributed by atoms with E-state index in [1.54, 1.807) is 31.3 Å². The minimum Gasteiger partial charge on any atom is -0.461 e. The van der Waals surface area contributed by atoms with E-state index in [1.807, 2.05) is 37.3 Å². The topological polar surface area (TPSA) is 111 Å². The predicted octanol–water partition coefficient (Wildman–Crippen LogP) is 2.68. The second kappa shape index (κ2) is 12.1. The number of guanidine groups is 1. The van der Waals surface area contributed by atoms with Gasteiger partial charge in [-0.05, 0) is 43.2 Å². The number of H-pyrrole nitrogens is 1. The van der Waals surface area contributed by atoms with Gasteiger partial charge in [0.15, 0.2) is 11.7 Å². The number of halogens is 1.